The molecule has 16 nitrogen and oxygen atoms in total. The Kier molecular flexibility index (Phi) is 8.46. The van der Waals surface area contributed by atoms with Crippen LogP contribution in [0.25, 0.3) is 11.0 Å². The van der Waals surface area contributed by atoms with Crippen molar-refractivity contribution >= 4 is 34.5 Å². The first-order chi connectivity index (χ1) is 17.1. The molecular formula is C15H17F4N2O14P3. The molecule has 3 rings (SSSR count). The van der Waals surface area contributed by atoms with Crippen molar-refractivity contribution in [2.75, 3.05) is 6.61 Å². The van der Waals surface area contributed by atoms with Crippen molar-refractivity contribution in [2.24, 2.45) is 0 Å². The number of pyridine rings is 2. The monoisotopic (exact) mass is 618 g/mol. The maximum Gasteiger partial charge on any atom is 0.490 e. The number of fused-ring (bicyclic) bond motifs is 1. The van der Waals surface area contributed by atoms with Gasteiger partial charge in [0, 0.05) is 10.9 Å². The average molecular weight is 618 g/mol. The number of aliphatic hydroxyl groups is 2. The van der Waals surface area contributed by atoms with E-state index >= 15 is 0 Å². The number of hydrogen-bond acceptors (Lipinski definition) is 11. The molecule has 214 valence electrons. The van der Waals surface area contributed by atoms with Gasteiger partial charge in [-0.3, -0.25) is 9.32 Å². The lowest BCUT2D eigenvalue weighted by molar-refractivity contribution is -0.143. The molecule has 38 heavy (non-hydrogen) atoms. The lowest BCUT2D eigenvalue weighted by atomic mass is 10.0. The van der Waals surface area contributed by atoms with Crippen molar-refractivity contribution in [3.63, 3.8) is 0 Å². The summed E-state index contributed by atoms with van der Waals surface area (Å²) in [6, 6.07) is 0.852. The second-order valence-electron chi connectivity index (χ2n) is 7.68. The Morgan fingerprint density at radius 1 is 1.08 bits per heavy atom. The SMILES string of the molecule is Cc1c(F)c(C(F)(F)F)nc2[nH]c(=O)c([C@@H]3O[C@H](COP(=O)(O)OP(=O)(O)OP(=O)(O)O)[C@H](O)C3O)cc12. The van der Waals surface area contributed by atoms with Gasteiger partial charge in [-0.1, -0.05) is 0 Å². The van der Waals surface area contributed by atoms with E-state index in [0.717, 1.165) is 13.0 Å². The minimum atomic E-state index is -5.84. The van der Waals surface area contributed by atoms with Crippen molar-refractivity contribution < 1.29 is 78.9 Å². The number of halogens is 4. The van der Waals surface area contributed by atoms with E-state index in [0.29, 0.717) is 0 Å². The van der Waals surface area contributed by atoms with Crippen LogP contribution in [-0.2, 0) is 37.8 Å². The number of ether oxygens (including phenoxy) is 1. The topological polar surface area (TPSA) is 255 Å². The largest absolute Gasteiger partial charge is 0.490 e. The molecule has 0 saturated carbocycles. The molecule has 1 aliphatic heterocycles. The van der Waals surface area contributed by atoms with Crippen LogP contribution in [0.3, 0.4) is 0 Å². The summed E-state index contributed by atoms with van der Waals surface area (Å²) in [7, 11) is -17.1. The Morgan fingerprint density at radius 2 is 1.68 bits per heavy atom. The molecule has 6 atom stereocenters. The molecule has 2 aromatic rings. The number of nitrogens with one attached hydrogen (secondary N) is 1. The smallest absolute Gasteiger partial charge is 0.387 e. The van der Waals surface area contributed by atoms with Gasteiger partial charge < -0.3 is 39.5 Å². The standard InChI is InChI=1S/C15H17F4N2O14P3/c1-4-5-2-6(14(24)21-13(5)20-12(8(4)16)15(17,18)19)11-10(23)9(22)7(33-11)3-32-37(28,29)35-38(30,31)34-36(25,26)27/h2,7,9-11,22-23H,3H2,1H3,(H,28,29)(H,30,31)(H,20,21,24)(H2,25,26,27)/t7-,9+,10?,11+/m1/s1. The number of phosphoric ester groups is 1. The summed E-state index contributed by atoms with van der Waals surface area (Å²) in [4.78, 5) is 53.2. The van der Waals surface area contributed by atoms with Crippen LogP contribution >= 0.6 is 23.5 Å². The summed E-state index contributed by atoms with van der Waals surface area (Å²) in [6.07, 6.45) is -12.6. The number of aryl methyl sites for hydroxylation is 1. The number of aromatic amines is 1. The van der Waals surface area contributed by atoms with E-state index in [1.165, 1.54) is 0 Å². The van der Waals surface area contributed by atoms with Gasteiger partial charge in [-0.25, -0.2) is 23.1 Å². The second-order valence-corrected chi connectivity index (χ2v) is 12.1. The van der Waals surface area contributed by atoms with E-state index in [-0.39, 0.29) is 5.39 Å². The third-order valence-electron chi connectivity index (χ3n) is 4.97. The van der Waals surface area contributed by atoms with Crippen LogP contribution in [-0.4, -0.2) is 64.7 Å². The van der Waals surface area contributed by atoms with Gasteiger partial charge in [0.2, 0.25) is 0 Å². The van der Waals surface area contributed by atoms with Gasteiger partial charge in [0.15, 0.2) is 11.5 Å². The lowest BCUT2D eigenvalue weighted by Gasteiger charge is -2.19. The van der Waals surface area contributed by atoms with Gasteiger partial charge >= 0.3 is 29.6 Å². The number of alkyl halides is 3. The molecule has 2 aromatic heterocycles. The Labute approximate surface area is 207 Å². The Bertz CT molecular complexity index is 1440. The van der Waals surface area contributed by atoms with E-state index in [4.69, 9.17) is 19.4 Å². The molecule has 1 fully saturated rings. The number of H-pyrrole nitrogens is 1. The summed E-state index contributed by atoms with van der Waals surface area (Å²) in [5.74, 6) is -1.73. The molecule has 0 aliphatic carbocycles. The average Bonchev–Trinajstić information content (AvgIpc) is 2.99. The molecule has 1 aliphatic rings. The van der Waals surface area contributed by atoms with Gasteiger partial charge in [0.1, 0.15) is 30.1 Å². The fourth-order valence-corrected chi connectivity index (χ4v) is 6.41. The Morgan fingerprint density at radius 3 is 2.24 bits per heavy atom. The van der Waals surface area contributed by atoms with E-state index in [9.17, 15) is 51.2 Å². The quantitative estimate of drug-likeness (QED) is 0.160. The number of rotatable bonds is 8. The molecule has 0 spiro atoms. The minimum Gasteiger partial charge on any atom is -0.387 e. The third kappa shape index (κ3) is 6.92. The first-order valence-corrected chi connectivity index (χ1v) is 14.2. The minimum absolute atomic E-state index is 0.313. The van der Waals surface area contributed by atoms with Crippen LogP contribution < -0.4 is 5.56 Å². The van der Waals surface area contributed by atoms with Gasteiger partial charge in [0.25, 0.3) is 5.56 Å². The zero-order valence-electron chi connectivity index (χ0n) is 18.3. The Hall–Kier alpha value is -1.63. The van der Waals surface area contributed by atoms with Crippen LogP contribution in [0.1, 0.15) is 22.9 Å². The summed E-state index contributed by atoms with van der Waals surface area (Å²) in [6.45, 7) is -0.225. The summed E-state index contributed by atoms with van der Waals surface area (Å²) >= 11 is 0. The fraction of sp³-hybridized carbons (Fsp3) is 0.467. The zero-order chi connectivity index (χ0) is 29.0. The molecule has 3 heterocycles. The van der Waals surface area contributed by atoms with Crippen LogP contribution in [0.4, 0.5) is 17.6 Å². The predicted molar refractivity (Wildman–Crippen MR) is 112 cm³/mol. The second kappa shape index (κ2) is 10.4. The van der Waals surface area contributed by atoms with E-state index in [2.05, 4.69) is 18.1 Å². The normalized spacial score (nSPS) is 25.9. The molecule has 1 saturated heterocycles. The van der Waals surface area contributed by atoms with Crippen LogP contribution in [0.15, 0.2) is 10.9 Å². The van der Waals surface area contributed by atoms with Crippen LogP contribution in [0, 0.1) is 12.7 Å². The summed E-state index contributed by atoms with van der Waals surface area (Å²) < 4.78 is 104. The number of aromatic nitrogens is 2. The maximum absolute atomic E-state index is 14.3. The maximum atomic E-state index is 14.3. The van der Waals surface area contributed by atoms with E-state index in [1.54, 1.807) is 0 Å². The zero-order valence-corrected chi connectivity index (χ0v) is 21.0. The highest BCUT2D eigenvalue weighted by Crippen LogP contribution is 2.66. The number of aliphatic hydroxyl groups excluding tert-OH is 2. The lowest BCUT2D eigenvalue weighted by Crippen LogP contribution is -2.33. The molecule has 7 N–H and O–H groups in total. The van der Waals surface area contributed by atoms with E-state index < -0.39 is 94.5 Å². The summed E-state index contributed by atoms with van der Waals surface area (Å²) in [5.41, 5.74) is -4.79. The highest BCUT2D eigenvalue weighted by atomic mass is 31.3. The fourth-order valence-electron chi connectivity index (χ4n) is 3.38. The highest BCUT2D eigenvalue weighted by molar-refractivity contribution is 7.66. The number of hydrogen-bond donors (Lipinski definition) is 7. The molecule has 3 unspecified atom stereocenters. The van der Waals surface area contributed by atoms with Gasteiger partial charge in [-0.15, -0.1) is 0 Å². The van der Waals surface area contributed by atoms with Crippen molar-refractivity contribution in [3.05, 3.63) is 39.1 Å². The van der Waals surface area contributed by atoms with Crippen molar-refractivity contribution in [1.29, 1.82) is 0 Å². The first-order valence-electron chi connectivity index (χ1n) is 9.72. The van der Waals surface area contributed by atoms with Crippen LogP contribution in [0.2, 0.25) is 0 Å². The molecule has 0 bridgehead atoms. The third-order valence-corrected chi connectivity index (χ3v) is 8.77. The molecule has 23 heteroatoms. The van der Waals surface area contributed by atoms with Gasteiger partial charge in [-0.05, 0) is 18.6 Å². The highest BCUT2D eigenvalue weighted by Gasteiger charge is 2.47. The number of phosphoric acid groups is 3. The van der Waals surface area contributed by atoms with Crippen molar-refractivity contribution in [1.82, 2.24) is 9.97 Å². The molecular weight excluding hydrogens is 601 g/mol. The van der Waals surface area contributed by atoms with Gasteiger partial charge in [0.05, 0.1) is 6.61 Å². The van der Waals surface area contributed by atoms with Crippen molar-refractivity contribution in [2.45, 2.75) is 37.5 Å². The molecule has 0 amide bonds. The number of nitrogens with zero attached hydrogens (tertiary/aromatic N) is 1. The van der Waals surface area contributed by atoms with Crippen molar-refractivity contribution in [3.8, 4) is 0 Å². The Balaban J connectivity index is 1.84. The molecule has 0 aromatic carbocycles. The molecule has 0 radical (unpaired) electrons. The predicted octanol–water partition coefficient (Wildman–Crippen LogP) is 0.894. The first kappa shape index (κ1) is 30.9. The van der Waals surface area contributed by atoms with Crippen LogP contribution in [0.5, 0.6) is 0 Å². The summed E-state index contributed by atoms with van der Waals surface area (Å²) in [5, 5.41) is 20.2. The van der Waals surface area contributed by atoms with E-state index in [1.807, 2.05) is 4.98 Å². The van der Waals surface area contributed by atoms with Gasteiger partial charge in [-0.2, -0.15) is 21.8 Å².